The van der Waals surface area contributed by atoms with Gasteiger partial charge in [0.1, 0.15) is 0 Å². The highest BCUT2D eigenvalue weighted by molar-refractivity contribution is 5.98. The zero-order valence-electron chi connectivity index (χ0n) is 17.8. The standard InChI is InChI=1S/C23H39NO/c1-9-11-12-14-18(3)24(20-16-13-15-19(10-2)17-20)21(25)23(7,8)22(4,5)6/h13,15-18H,9-12,14H2,1-8H3. The Morgan fingerprint density at radius 3 is 2.24 bits per heavy atom. The lowest BCUT2D eigenvalue weighted by molar-refractivity contribution is -0.132. The lowest BCUT2D eigenvalue weighted by Crippen LogP contribution is -2.51. The van der Waals surface area contributed by atoms with Crippen LogP contribution in [0.2, 0.25) is 0 Å². The van der Waals surface area contributed by atoms with Gasteiger partial charge in [0.25, 0.3) is 0 Å². The van der Waals surface area contributed by atoms with E-state index in [-0.39, 0.29) is 17.4 Å². The molecule has 2 nitrogen and oxygen atoms in total. The van der Waals surface area contributed by atoms with Crippen LogP contribution in [0.3, 0.4) is 0 Å². The minimum absolute atomic E-state index is 0.0894. The van der Waals surface area contributed by atoms with E-state index in [0.29, 0.717) is 0 Å². The average Bonchev–Trinajstić information content (AvgIpc) is 2.54. The van der Waals surface area contributed by atoms with Crippen molar-refractivity contribution in [1.29, 1.82) is 0 Å². The Labute approximate surface area is 156 Å². The molecule has 0 fully saturated rings. The first-order chi connectivity index (χ1) is 11.6. The summed E-state index contributed by atoms with van der Waals surface area (Å²) in [6.45, 7) is 17.2. The Morgan fingerprint density at radius 2 is 1.72 bits per heavy atom. The Kier molecular flexibility index (Phi) is 7.71. The average molecular weight is 346 g/mol. The lowest BCUT2D eigenvalue weighted by atomic mass is 9.68. The molecule has 0 bridgehead atoms. The quantitative estimate of drug-likeness (QED) is 0.485. The second-order valence-electron chi connectivity index (χ2n) is 8.92. The van der Waals surface area contributed by atoms with Crippen molar-refractivity contribution in [2.75, 3.05) is 4.90 Å². The highest BCUT2D eigenvalue weighted by Crippen LogP contribution is 2.41. The molecule has 1 unspecified atom stereocenters. The summed E-state index contributed by atoms with van der Waals surface area (Å²) in [5, 5.41) is 0. The van der Waals surface area contributed by atoms with Gasteiger partial charge in [0.05, 0.1) is 0 Å². The molecule has 0 aliphatic heterocycles. The number of unbranched alkanes of at least 4 members (excludes halogenated alkanes) is 2. The lowest BCUT2D eigenvalue weighted by Gasteiger charge is -2.43. The van der Waals surface area contributed by atoms with Gasteiger partial charge < -0.3 is 4.90 Å². The number of benzene rings is 1. The predicted octanol–water partition coefficient (Wildman–Crippen LogP) is 6.62. The molecule has 0 heterocycles. The van der Waals surface area contributed by atoms with E-state index in [1.807, 2.05) is 0 Å². The molecule has 1 rings (SSSR count). The minimum Gasteiger partial charge on any atom is -0.309 e. The van der Waals surface area contributed by atoms with E-state index >= 15 is 0 Å². The molecule has 1 amide bonds. The molecule has 0 N–H and O–H groups in total. The van der Waals surface area contributed by atoms with Crippen LogP contribution in [-0.2, 0) is 11.2 Å². The van der Waals surface area contributed by atoms with Crippen LogP contribution in [0.5, 0.6) is 0 Å². The van der Waals surface area contributed by atoms with Crippen molar-refractivity contribution >= 4 is 11.6 Å². The van der Waals surface area contributed by atoms with Crippen molar-refractivity contribution in [3.8, 4) is 0 Å². The molecule has 0 aliphatic carbocycles. The summed E-state index contributed by atoms with van der Waals surface area (Å²) in [4.78, 5) is 15.7. The fraction of sp³-hybridized carbons (Fsp3) is 0.696. The number of rotatable bonds is 8. The van der Waals surface area contributed by atoms with Crippen molar-refractivity contribution in [2.45, 2.75) is 93.5 Å². The summed E-state index contributed by atoms with van der Waals surface area (Å²) in [6.07, 6.45) is 5.65. The van der Waals surface area contributed by atoms with Crippen LogP contribution in [-0.4, -0.2) is 11.9 Å². The molecular weight excluding hydrogens is 306 g/mol. The molecule has 0 saturated carbocycles. The summed E-state index contributed by atoms with van der Waals surface area (Å²) < 4.78 is 0. The highest BCUT2D eigenvalue weighted by Gasteiger charge is 2.43. The van der Waals surface area contributed by atoms with Gasteiger partial charge >= 0.3 is 0 Å². The molecule has 0 aromatic heterocycles. The molecule has 1 aromatic rings. The van der Waals surface area contributed by atoms with E-state index in [1.54, 1.807) is 0 Å². The maximum atomic E-state index is 13.6. The van der Waals surface area contributed by atoms with Gasteiger partial charge in [-0.2, -0.15) is 0 Å². The van der Waals surface area contributed by atoms with Crippen molar-refractivity contribution in [1.82, 2.24) is 0 Å². The number of nitrogens with zero attached hydrogens (tertiary/aromatic N) is 1. The van der Waals surface area contributed by atoms with Gasteiger partial charge in [0.15, 0.2) is 0 Å². The van der Waals surface area contributed by atoms with Gasteiger partial charge in [0, 0.05) is 17.1 Å². The summed E-state index contributed by atoms with van der Waals surface area (Å²) in [5.41, 5.74) is 1.82. The Hall–Kier alpha value is -1.31. The van der Waals surface area contributed by atoms with Crippen molar-refractivity contribution in [3.05, 3.63) is 29.8 Å². The van der Waals surface area contributed by atoms with Crippen LogP contribution in [0, 0.1) is 10.8 Å². The molecular formula is C23H39NO. The van der Waals surface area contributed by atoms with Crippen LogP contribution in [0.1, 0.15) is 86.6 Å². The number of amides is 1. The molecule has 0 radical (unpaired) electrons. The van der Waals surface area contributed by atoms with Crippen molar-refractivity contribution in [2.24, 2.45) is 10.8 Å². The smallest absolute Gasteiger partial charge is 0.233 e. The van der Waals surface area contributed by atoms with Crippen LogP contribution in [0.15, 0.2) is 24.3 Å². The summed E-state index contributed by atoms with van der Waals surface area (Å²) in [6, 6.07) is 8.71. The Bertz CT molecular complexity index is 553. The fourth-order valence-electron chi connectivity index (χ4n) is 2.94. The predicted molar refractivity (Wildman–Crippen MR) is 110 cm³/mol. The largest absolute Gasteiger partial charge is 0.309 e. The molecule has 0 saturated heterocycles. The molecule has 1 aromatic carbocycles. The van der Waals surface area contributed by atoms with Crippen molar-refractivity contribution < 1.29 is 4.79 Å². The summed E-state index contributed by atoms with van der Waals surface area (Å²) in [7, 11) is 0. The molecule has 142 valence electrons. The van der Waals surface area contributed by atoms with Gasteiger partial charge in [-0.3, -0.25) is 4.79 Å². The zero-order chi connectivity index (χ0) is 19.3. The van der Waals surface area contributed by atoms with Crippen LogP contribution < -0.4 is 4.90 Å². The summed E-state index contributed by atoms with van der Waals surface area (Å²) in [5.74, 6) is 0.234. The topological polar surface area (TPSA) is 20.3 Å². The number of aryl methyl sites for hydroxylation is 1. The van der Waals surface area contributed by atoms with Crippen LogP contribution >= 0.6 is 0 Å². The summed E-state index contributed by atoms with van der Waals surface area (Å²) >= 11 is 0. The number of hydrogen-bond donors (Lipinski definition) is 0. The van der Waals surface area contributed by atoms with Crippen LogP contribution in [0.25, 0.3) is 0 Å². The van der Waals surface area contributed by atoms with Gasteiger partial charge in [-0.05, 0) is 42.9 Å². The van der Waals surface area contributed by atoms with E-state index < -0.39 is 5.41 Å². The molecule has 25 heavy (non-hydrogen) atoms. The number of hydrogen-bond acceptors (Lipinski definition) is 1. The molecule has 2 heteroatoms. The van der Waals surface area contributed by atoms with Crippen molar-refractivity contribution in [3.63, 3.8) is 0 Å². The third kappa shape index (κ3) is 5.33. The first-order valence-electron chi connectivity index (χ1n) is 9.98. The van der Waals surface area contributed by atoms with Crippen LogP contribution in [0.4, 0.5) is 5.69 Å². The van der Waals surface area contributed by atoms with E-state index in [0.717, 1.165) is 18.5 Å². The van der Waals surface area contributed by atoms with E-state index in [1.165, 1.54) is 24.8 Å². The van der Waals surface area contributed by atoms with E-state index in [2.05, 4.69) is 84.6 Å². The van der Waals surface area contributed by atoms with Gasteiger partial charge in [-0.25, -0.2) is 0 Å². The molecule has 0 aliphatic rings. The highest BCUT2D eigenvalue weighted by atomic mass is 16.2. The Morgan fingerprint density at radius 1 is 1.08 bits per heavy atom. The minimum atomic E-state index is -0.422. The third-order valence-electron chi connectivity index (χ3n) is 5.89. The molecule has 1 atom stereocenters. The normalized spacial score (nSPS) is 13.6. The van der Waals surface area contributed by atoms with Gasteiger partial charge in [-0.15, -0.1) is 0 Å². The fourth-order valence-corrected chi connectivity index (χ4v) is 2.94. The maximum absolute atomic E-state index is 13.6. The van der Waals surface area contributed by atoms with E-state index in [4.69, 9.17) is 0 Å². The second kappa shape index (κ2) is 8.87. The number of anilines is 1. The van der Waals surface area contributed by atoms with Gasteiger partial charge in [-0.1, -0.05) is 79.9 Å². The van der Waals surface area contributed by atoms with E-state index in [9.17, 15) is 4.79 Å². The number of carbonyl (C=O) groups excluding carboxylic acids is 1. The first-order valence-corrected chi connectivity index (χ1v) is 9.98. The first kappa shape index (κ1) is 21.7. The zero-order valence-corrected chi connectivity index (χ0v) is 17.8. The second-order valence-corrected chi connectivity index (χ2v) is 8.92. The SMILES string of the molecule is CCCCCC(C)N(C(=O)C(C)(C)C(C)(C)C)c1cccc(CC)c1. The molecule has 0 spiro atoms. The van der Waals surface area contributed by atoms with Gasteiger partial charge in [0.2, 0.25) is 5.91 Å². The monoisotopic (exact) mass is 345 g/mol. The maximum Gasteiger partial charge on any atom is 0.233 e. The number of carbonyl (C=O) groups is 1. The Balaban J connectivity index is 3.25. The third-order valence-corrected chi connectivity index (χ3v) is 5.89.